The van der Waals surface area contributed by atoms with E-state index in [4.69, 9.17) is 11.0 Å². The van der Waals surface area contributed by atoms with Crippen LogP contribution in [0.25, 0.3) is 0 Å². The van der Waals surface area contributed by atoms with E-state index in [1.807, 2.05) is 0 Å². The number of carbonyl (C=O) groups is 1. The van der Waals surface area contributed by atoms with Crippen LogP contribution in [-0.2, 0) is 12.6 Å². The molecule has 2 aromatic rings. The molecule has 0 bridgehead atoms. The van der Waals surface area contributed by atoms with Gasteiger partial charge in [0.2, 0.25) is 0 Å². The third kappa shape index (κ3) is 3.56. The van der Waals surface area contributed by atoms with E-state index in [2.05, 4.69) is 4.84 Å². The van der Waals surface area contributed by atoms with Crippen molar-refractivity contribution in [3.63, 3.8) is 0 Å². The molecule has 0 saturated carbocycles. The minimum Gasteiger partial charge on any atom is -0.478 e. The quantitative estimate of drug-likeness (QED) is 0.850. The lowest BCUT2D eigenvalue weighted by atomic mass is 10.0. The van der Waals surface area contributed by atoms with Gasteiger partial charge in [0.05, 0.1) is 5.56 Å². The van der Waals surface area contributed by atoms with Gasteiger partial charge in [0, 0.05) is 0 Å². The number of aromatic carboxylic acids is 1. The molecule has 22 heavy (non-hydrogen) atoms. The van der Waals surface area contributed by atoms with Crippen molar-refractivity contribution in [3.05, 3.63) is 64.7 Å². The highest BCUT2D eigenvalue weighted by Crippen LogP contribution is 2.29. The number of hydrogen-bond acceptors (Lipinski definition) is 3. The lowest BCUT2D eigenvalue weighted by molar-refractivity contribution is -0.137. The highest BCUT2D eigenvalue weighted by molar-refractivity contribution is 5.91. The Morgan fingerprint density at radius 3 is 2.18 bits per heavy atom. The predicted molar refractivity (Wildman–Crippen MR) is 72.5 cm³/mol. The molecule has 0 unspecified atom stereocenters. The number of carboxylic acid groups (broad SMARTS) is 1. The first kappa shape index (κ1) is 15.8. The molecule has 3 N–H and O–H groups in total. The number of alkyl halides is 3. The average Bonchev–Trinajstić information content (AvgIpc) is 2.46. The van der Waals surface area contributed by atoms with Gasteiger partial charge in [-0.1, -0.05) is 18.2 Å². The molecule has 116 valence electrons. The topological polar surface area (TPSA) is 72.5 Å². The van der Waals surface area contributed by atoms with E-state index in [9.17, 15) is 18.0 Å². The maximum absolute atomic E-state index is 12.5. The van der Waals surface area contributed by atoms with Gasteiger partial charge >= 0.3 is 12.1 Å². The van der Waals surface area contributed by atoms with Crippen LogP contribution in [0.15, 0.2) is 42.5 Å². The first-order valence-corrected chi connectivity index (χ1v) is 6.20. The maximum Gasteiger partial charge on any atom is 0.416 e. The van der Waals surface area contributed by atoms with Gasteiger partial charge in [0.15, 0.2) is 5.75 Å². The molecule has 0 saturated heterocycles. The number of carboxylic acids is 1. The lowest BCUT2D eigenvalue weighted by Gasteiger charge is -2.09. The number of hydrogen-bond donors (Lipinski definition) is 2. The van der Waals surface area contributed by atoms with Crippen molar-refractivity contribution < 1.29 is 27.9 Å². The molecule has 2 aromatic carbocycles. The Balaban J connectivity index is 2.24. The summed E-state index contributed by atoms with van der Waals surface area (Å²) in [6.07, 6.45) is -4.08. The number of nitrogens with two attached hydrogens (primary N) is 1. The largest absolute Gasteiger partial charge is 0.478 e. The second-order valence-corrected chi connectivity index (χ2v) is 4.62. The minimum absolute atomic E-state index is 0.0173. The summed E-state index contributed by atoms with van der Waals surface area (Å²) in [5, 5.41) is 9.05. The zero-order valence-electron chi connectivity index (χ0n) is 11.2. The Bertz CT molecular complexity index is 681. The van der Waals surface area contributed by atoms with Crippen molar-refractivity contribution >= 4 is 5.97 Å². The van der Waals surface area contributed by atoms with Crippen LogP contribution in [0.3, 0.4) is 0 Å². The van der Waals surface area contributed by atoms with Gasteiger partial charge in [-0.25, -0.2) is 4.79 Å². The first-order valence-electron chi connectivity index (χ1n) is 6.20. The molecule has 0 aromatic heterocycles. The fourth-order valence-electron chi connectivity index (χ4n) is 2.00. The number of halogens is 3. The first-order chi connectivity index (χ1) is 10.3. The summed E-state index contributed by atoms with van der Waals surface area (Å²) in [4.78, 5) is 15.5. The Kier molecular flexibility index (Phi) is 4.37. The molecule has 2 rings (SSSR count). The fourth-order valence-corrected chi connectivity index (χ4v) is 2.00. The van der Waals surface area contributed by atoms with Crippen molar-refractivity contribution in [1.82, 2.24) is 0 Å². The molecule has 4 nitrogen and oxygen atoms in total. The van der Waals surface area contributed by atoms with E-state index in [-0.39, 0.29) is 11.3 Å². The van der Waals surface area contributed by atoms with E-state index in [0.29, 0.717) is 17.5 Å². The summed E-state index contributed by atoms with van der Waals surface area (Å²) in [5.41, 5.74) is 0.421. The highest BCUT2D eigenvalue weighted by atomic mass is 19.4. The van der Waals surface area contributed by atoms with Gasteiger partial charge in [-0.05, 0) is 41.8 Å². The molecule has 0 amide bonds. The maximum atomic E-state index is 12.5. The summed E-state index contributed by atoms with van der Waals surface area (Å²) in [6, 6.07) is 9.08. The number of benzene rings is 2. The van der Waals surface area contributed by atoms with Crippen LogP contribution < -0.4 is 10.7 Å². The van der Waals surface area contributed by atoms with Gasteiger partial charge in [-0.15, -0.1) is 0 Å². The molecule has 0 aliphatic rings. The summed E-state index contributed by atoms with van der Waals surface area (Å²) in [6.45, 7) is 0. The Morgan fingerprint density at radius 2 is 1.68 bits per heavy atom. The van der Waals surface area contributed by atoms with Crippen molar-refractivity contribution in [3.8, 4) is 5.75 Å². The predicted octanol–water partition coefficient (Wildman–Crippen LogP) is 3.25. The SMILES string of the molecule is NOc1ccc(Cc2ccc(C(F)(F)F)cc2)cc1C(=O)O. The van der Waals surface area contributed by atoms with Gasteiger partial charge in [0.25, 0.3) is 0 Å². The molecule has 7 heteroatoms. The molecule has 0 spiro atoms. The lowest BCUT2D eigenvalue weighted by Crippen LogP contribution is -2.08. The van der Waals surface area contributed by atoms with Crippen LogP contribution in [0.2, 0.25) is 0 Å². The number of rotatable bonds is 4. The molecular formula is C15H12F3NO3. The van der Waals surface area contributed by atoms with Crippen LogP contribution >= 0.6 is 0 Å². The van der Waals surface area contributed by atoms with Gasteiger partial charge in [0.1, 0.15) is 5.56 Å². The van der Waals surface area contributed by atoms with E-state index in [0.717, 1.165) is 12.1 Å². The Morgan fingerprint density at radius 1 is 1.09 bits per heavy atom. The van der Waals surface area contributed by atoms with Gasteiger partial charge in [-0.2, -0.15) is 19.1 Å². The average molecular weight is 311 g/mol. The third-order valence-electron chi connectivity index (χ3n) is 3.09. The van der Waals surface area contributed by atoms with E-state index < -0.39 is 17.7 Å². The van der Waals surface area contributed by atoms with Crippen LogP contribution in [0.4, 0.5) is 13.2 Å². The molecule has 0 fully saturated rings. The van der Waals surface area contributed by atoms with Crippen LogP contribution in [-0.4, -0.2) is 11.1 Å². The third-order valence-corrected chi connectivity index (χ3v) is 3.09. The summed E-state index contributed by atoms with van der Waals surface area (Å²) >= 11 is 0. The van der Waals surface area contributed by atoms with Crippen molar-refractivity contribution in [2.24, 2.45) is 5.90 Å². The van der Waals surface area contributed by atoms with Crippen molar-refractivity contribution in [2.75, 3.05) is 0 Å². The van der Waals surface area contributed by atoms with Crippen LogP contribution in [0, 0.1) is 0 Å². The molecule has 0 radical (unpaired) electrons. The Labute approximate surface area is 123 Å². The summed E-state index contributed by atoms with van der Waals surface area (Å²) < 4.78 is 37.4. The monoisotopic (exact) mass is 311 g/mol. The molecule has 0 aliphatic carbocycles. The van der Waals surface area contributed by atoms with Gasteiger partial charge < -0.3 is 9.94 Å². The summed E-state index contributed by atoms with van der Waals surface area (Å²) in [5.74, 6) is 3.80. The van der Waals surface area contributed by atoms with Crippen LogP contribution in [0.5, 0.6) is 5.75 Å². The standard InChI is InChI=1S/C15H12F3NO3/c16-15(17,18)11-4-1-9(2-5-11)7-10-3-6-13(22-19)12(8-10)14(20)21/h1-6,8H,7,19H2,(H,20,21). The zero-order valence-corrected chi connectivity index (χ0v) is 11.2. The molecular weight excluding hydrogens is 299 g/mol. The van der Waals surface area contributed by atoms with E-state index in [1.54, 1.807) is 6.07 Å². The molecule has 0 heterocycles. The normalized spacial score (nSPS) is 11.3. The second-order valence-electron chi connectivity index (χ2n) is 4.62. The Hall–Kier alpha value is -2.54. The zero-order chi connectivity index (χ0) is 16.3. The van der Waals surface area contributed by atoms with Crippen molar-refractivity contribution in [2.45, 2.75) is 12.6 Å². The van der Waals surface area contributed by atoms with E-state index in [1.165, 1.54) is 24.3 Å². The fraction of sp³-hybridized carbons (Fsp3) is 0.133. The minimum atomic E-state index is -4.38. The van der Waals surface area contributed by atoms with Gasteiger partial charge in [-0.3, -0.25) is 0 Å². The molecule has 0 atom stereocenters. The smallest absolute Gasteiger partial charge is 0.416 e. The van der Waals surface area contributed by atoms with Crippen LogP contribution in [0.1, 0.15) is 27.0 Å². The highest BCUT2D eigenvalue weighted by Gasteiger charge is 2.29. The van der Waals surface area contributed by atoms with E-state index >= 15 is 0 Å². The second kappa shape index (κ2) is 6.07. The van der Waals surface area contributed by atoms with Crippen molar-refractivity contribution in [1.29, 1.82) is 0 Å². The summed E-state index contributed by atoms with van der Waals surface area (Å²) in [7, 11) is 0. The molecule has 0 aliphatic heterocycles.